The van der Waals surface area contributed by atoms with E-state index in [1.54, 1.807) is 13.2 Å². The summed E-state index contributed by atoms with van der Waals surface area (Å²) in [7, 11) is 3.51. The molecule has 0 spiro atoms. The average molecular weight is 379 g/mol. The number of aryl methyl sites for hydroxylation is 1. The summed E-state index contributed by atoms with van der Waals surface area (Å²) >= 11 is 0. The molecule has 2 heterocycles. The summed E-state index contributed by atoms with van der Waals surface area (Å²) in [6, 6.07) is 11.5. The molecule has 28 heavy (non-hydrogen) atoms. The Morgan fingerprint density at radius 2 is 2.11 bits per heavy atom. The second kappa shape index (κ2) is 7.64. The summed E-state index contributed by atoms with van der Waals surface area (Å²) in [4.78, 5) is 16.8. The highest BCUT2D eigenvalue weighted by Gasteiger charge is 2.17. The summed E-state index contributed by atoms with van der Waals surface area (Å²) in [5.74, 6) is 2.38. The van der Waals surface area contributed by atoms with E-state index < -0.39 is 0 Å². The number of carbonyl (C=O) groups is 1. The van der Waals surface area contributed by atoms with Gasteiger partial charge in [0.25, 0.3) is 0 Å². The van der Waals surface area contributed by atoms with E-state index in [0.29, 0.717) is 37.0 Å². The van der Waals surface area contributed by atoms with Crippen molar-refractivity contribution in [3.05, 3.63) is 53.9 Å². The van der Waals surface area contributed by atoms with Gasteiger partial charge in [-0.25, -0.2) is 4.98 Å². The third-order valence-corrected chi connectivity index (χ3v) is 4.58. The number of carbonyl (C=O) groups excluding carboxylic acids is 1. The average Bonchev–Trinajstić information content (AvgIpc) is 3.06. The summed E-state index contributed by atoms with van der Waals surface area (Å²) in [5.41, 5.74) is 2.73. The van der Waals surface area contributed by atoms with E-state index in [2.05, 4.69) is 10.3 Å². The Bertz CT molecular complexity index is 1040. The van der Waals surface area contributed by atoms with E-state index in [1.165, 1.54) is 6.08 Å². The van der Waals surface area contributed by atoms with Gasteiger partial charge in [-0.2, -0.15) is 0 Å². The van der Waals surface area contributed by atoms with Crippen LogP contribution in [0.2, 0.25) is 0 Å². The zero-order valence-corrected chi connectivity index (χ0v) is 15.8. The molecule has 0 bridgehead atoms. The van der Waals surface area contributed by atoms with Gasteiger partial charge in [0.05, 0.1) is 24.7 Å². The molecule has 2 aromatic carbocycles. The van der Waals surface area contributed by atoms with Crippen molar-refractivity contribution in [2.45, 2.75) is 6.54 Å². The molecule has 1 aliphatic rings. The third-order valence-electron chi connectivity index (χ3n) is 4.58. The van der Waals surface area contributed by atoms with Gasteiger partial charge in [0.2, 0.25) is 11.7 Å². The predicted molar refractivity (Wildman–Crippen MR) is 106 cm³/mol. The molecule has 0 aliphatic carbocycles. The number of ether oxygens (including phenoxy) is 3. The SMILES string of the molecule is COc1cc(/C=C/C(=O)NCc2nc3ccccc3n2C)cc2c1OCCO2. The number of methoxy groups -OCH3 is 1. The van der Waals surface area contributed by atoms with Crippen LogP contribution in [0.4, 0.5) is 0 Å². The van der Waals surface area contributed by atoms with E-state index in [9.17, 15) is 4.79 Å². The number of amides is 1. The zero-order valence-electron chi connectivity index (χ0n) is 15.8. The van der Waals surface area contributed by atoms with Gasteiger partial charge in [-0.15, -0.1) is 0 Å². The van der Waals surface area contributed by atoms with Crippen LogP contribution in [0.1, 0.15) is 11.4 Å². The summed E-state index contributed by atoms with van der Waals surface area (Å²) in [5, 5.41) is 2.87. The minimum absolute atomic E-state index is 0.207. The van der Waals surface area contributed by atoms with Crippen LogP contribution in [-0.4, -0.2) is 35.8 Å². The Morgan fingerprint density at radius 1 is 1.29 bits per heavy atom. The first-order chi connectivity index (χ1) is 13.7. The Balaban J connectivity index is 1.44. The molecular formula is C21H21N3O4. The lowest BCUT2D eigenvalue weighted by molar-refractivity contribution is -0.116. The Labute approximate surface area is 162 Å². The molecule has 0 saturated carbocycles. The summed E-state index contributed by atoms with van der Waals surface area (Å²) in [6.45, 7) is 1.32. The molecule has 3 aromatic rings. The fourth-order valence-corrected chi connectivity index (χ4v) is 3.14. The molecular weight excluding hydrogens is 358 g/mol. The van der Waals surface area contributed by atoms with Crippen LogP contribution in [-0.2, 0) is 18.4 Å². The molecule has 0 atom stereocenters. The van der Waals surface area contributed by atoms with E-state index in [0.717, 1.165) is 22.4 Å². The van der Waals surface area contributed by atoms with Crippen molar-refractivity contribution in [1.82, 2.24) is 14.9 Å². The van der Waals surface area contributed by atoms with Crippen LogP contribution in [0.25, 0.3) is 17.1 Å². The van der Waals surface area contributed by atoms with Gasteiger partial charge >= 0.3 is 0 Å². The van der Waals surface area contributed by atoms with Crippen LogP contribution >= 0.6 is 0 Å². The highest BCUT2D eigenvalue weighted by atomic mass is 16.6. The highest BCUT2D eigenvalue weighted by Crippen LogP contribution is 2.40. The molecule has 7 heteroatoms. The van der Waals surface area contributed by atoms with Crippen LogP contribution in [0, 0.1) is 0 Å². The van der Waals surface area contributed by atoms with E-state index in [-0.39, 0.29) is 5.91 Å². The second-order valence-electron chi connectivity index (χ2n) is 6.37. The van der Waals surface area contributed by atoms with Crippen molar-refractivity contribution in [1.29, 1.82) is 0 Å². The van der Waals surface area contributed by atoms with Crippen molar-refractivity contribution < 1.29 is 19.0 Å². The first-order valence-electron chi connectivity index (χ1n) is 8.99. The van der Waals surface area contributed by atoms with E-state index in [1.807, 2.05) is 48.0 Å². The number of nitrogens with one attached hydrogen (secondary N) is 1. The Hall–Kier alpha value is -3.48. The number of imidazole rings is 1. The zero-order chi connectivity index (χ0) is 19.5. The quantitative estimate of drug-likeness (QED) is 0.690. The van der Waals surface area contributed by atoms with Gasteiger partial charge in [0.1, 0.15) is 19.0 Å². The number of nitrogens with zero attached hydrogens (tertiary/aromatic N) is 2. The van der Waals surface area contributed by atoms with Crippen LogP contribution in [0.3, 0.4) is 0 Å². The van der Waals surface area contributed by atoms with E-state index in [4.69, 9.17) is 14.2 Å². The molecule has 7 nitrogen and oxygen atoms in total. The maximum Gasteiger partial charge on any atom is 0.244 e. The van der Waals surface area contributed by atoms with Crippen molar-refractivity contribution in [3.8, 4) is 17.2 Å². The standard InChI is InChI=1S/C21H21N3O4/c1-24-16-6-4-3-5-15(16)23-19(24)13-22-20(25)8-7-14-11-17(26-2)21-18(12-14)27-9-10-28-21/h3-8,11-12H,9-10,13H2,1-2H3,(H,22,25)/b8-7+. The molecule has 144 valence electrons. The maximum atomic E-state index is 12.2. The normalized spacial score (nSPS) is 13.1. The van der Waals surface area contributed by atoms with Crippen molar-refractivity contribution in [2.24, 2.45) is 7.05 Å². The van der Waals surface area contributed by atoms with Crippen LogP contribution in [0.15, 0.2) is 42.5 Å². The second-order valence-corrected chi connectivity index (χ2v) is 6.37. The summed E-state index contributed by atoms with van der Waals surface area (Å²) < 4.78 is 18.5. The molecule has 0 saturated heterocycles. The van der Waals surface area contributed by atoms with Gasteiger partial charge in [0.15, 0.2) is 11.5 Å². The number of benzene rings is 2. The number of rotatable bonds is 5. The monoisotopic (exact) mass is 379 g/mol. The van der Waals surface area contributed by atoms with Crippen molar-refractivity contribution >= 4 is 23.0 Å². The van der Waals surface area contributed by atoms with E-state index >= 15 is 0 Å². The number of para-hydroxylation sites is 2. The fourth-order valence-electron chi connectivity index (χ4n) is 3.14. The molecule has 4 rings (SSSR count). The number of hydrogen-bond acceptors (Lipinski definition) is 5. The number of aromatic nitrogens is 2. The van der Waals surface area contributed by atoms with Crippen LogP contribution < -0.4 is 19.5 Å². The molecule has 0 radical (unpaired) electrons. The maximum absolute atomic E-state index is 12.2. The lowest BCUT2D eigenvalue weighted by Crippen LogP contribution is -2.22. The van der Waals surface area contributed by atoms with Crippen molar-refractivity contribution in [2.75, 3.05) is 20.3 Å². The number of hydrogen-bond donors (Lipinski definition) is 1. The first kappa shape index (κ1) is 17.9. The van der Waals surface area contributed by atoms with Gasteiger partial charge in [-0.3, -0.25) is 4.79 Å². The van der Waals surface area contributed by atoms with Gasteiger partial charge in [-0.05, 0) is 35.9 Å². The molecule has 1 amide bonds. The number of fused-ring (bicyclic) bond motifs is 2. The molecule has 1 N–H and O–H groups in total. The molecule has 0 unspecified atom stereocenters. The van der Waals surface area contributed by atoms with Gasteiger partial charge < -0.3 is 24.1 Å². The summed E-state index contributed by atoms with van der Waals surface area (Å²) in [6.07, 6.45) is 3.19. The minimum atomic E-state index is -0.207. The van der Waals surface area contributed by atoms with Crippen LogP contribution in [0.5, 0.6) is 17.2 Å². The fraction of sp³-hybridized carbons (Fsp3) is 0.238. The lowest BCUT2D eigenvalue weighted by Gasteiger charge is -2.20. The largest absolute Gasteiger partial charge is 0.493 e. The molecule has 0 fully saturated rings. The Kier molecular flexibility index (Phi) is 4.89. The molecule has 1 aromatic heterocycles. The van der Waals surface area contributed by atoms with Gasteiger partial charge in [0, 0.05) is 13.1 Å². The Morgan fingerprint density at radius 3 is 2.93 bits per heavy atom. The topological polar surface area (TPSA) is 74.6 Å². The highest BCUT2D eigenvalue weighted by molar-refractivity contribution is 5.92. The lowest BCUT2D eigenvalue weighted by atomic mass is 10.1. The third kappa shape index (κ3) is 3.51. The van der Waals surface area contributed by atoms with Crippen molar-refractivity contribution in [3.63, 3.8) is 0 Å². The smallest absolute Gasteiger partial charge is 0.244 e. The minimum Gasteiger partial charge on any atom is -0.493 e. The molecule has 1 aliphatic heterocycles. The van der Waals surface area contributed by atoms with Gasteiger partial charge in [-0.1, -0.05) is 12.1 Å². The predicted octanol–water partition coefficient (Wildman–Crippen LogP) is 2.68. The first-order valence-corrected chi connectivity index (χ1v) is 8.99.